The van der Waals surface area contributed by atoms with E-state index in [-0.39, 0.29) is 12.3 Å². The van der Waals surface area contributed by atoms with Gasteiger partial charge in [-0.3, -0.25) is 9.59 Å². The lowest BCUT2D eigenvalue weighted by Crippen LogP contribution is -2.31. The van der Waals surface area contributed by atoms with Gasteiger partial charge in [-0.15, -0.1) is 0 Å². The molecule has 1 aliphatic rings. The molecule has 6 heteroatoms. The fourth-order valence-corrected chi connectivity index (χ4v) is 1.22. The highest BCUT2D eigenvalue weighted by molar-refractivity contribution is 6.13. The second kappa shape index (κ2) is 3.99. The number of nitrogens with one attached hydrogen (secondary N) is 1. The molecule has 0 bridgehead atoms. The molecule has 0 saturated carbocycles. The van der Waals surface area contributed by atoms with Crippen LogP contribution in [0.3, 0.4) is 0 Å². The highest BCUT2D eigenvalue weighted by Crippen LogP contribution is 2.10. The summed E-state index contributed by atoms with van der Waals surface area (Å²) in [5, 5.41) is 3.72. The van der Waals surface area contributed by atoms with E-state index in [2.05, 4.69) is 10.5 Å². The van der Waals surface area contributed by atoms with Gasteiger partial charge >= 0.3 is 0 Å². The van der Waals surface area contributed by atoms with Gasteiger partial charge in [-0.1, -0.05) is 0 Å². The lowest BCUT2D eigenvalue weighted by Gasteiger charge is -2.09. The van der Waals surface area contributed by atoms with E-state index >= 15 is 0 Å². The first-order chi connectivity index (χ1) is 6.15. The third-order valence-electron chi connectivity index (χ3n) is 1.87. The van der Waals surface area contributed by atoms with Crippen LogP contribution in [-0.2, 0) is 9.59 Å². The Bertz CT molecular complexity index is 261. The lowest BCUT2D eigenvalue weighted by atomic mass is 9.97. The summed E-state index contributed by atoms with van der Waals surface area (Å²) in [6.07, 6.45) is 0.580. The second-order valence-corrected chi connectivity index (χ2v) is 2.85. The Kier molecular flexibility index (Phi) is 2.97. The molecule has 5 N–H and O–H groups in total. The largest absolute Gasteiger partial charge is 0.369 e. The van der Waals surface area contributed by atoms with Crippen LogP contribution in [0.4, 0.5) is 0 Å². The molecular formula is C7H12N4O2. The minimum atomic E-state index is -0.510. The predicted octanol–water partition coefficient (Wildman–Crippen LogP) is -1.69. The van der Waals surface area contributed by atoms with Crippen LogP contribution in [0.5, 0.6) is 0 Å². The first-order valence-corrected chi connectivity index (χ1v) is 4.00. The summed E-state index contributed by atoms with van der Waals surface area (Å²) < 4.78 is 0. The molecule has 0 aromatic carbocycles. The van der Waals surface area contributed by atoms with Gasteiger partial charge in [0.05, 0.1) is 18.1 Å². The quantitative estimate of drug-likeness (QED) is 0.484. The molecule has 0 aromatic rings. The fourth-order valence-electron chi connectivity index (χ4n) is 1.22. The smallest absolute Gasteiger partial charge is 0.245 e. The number of nitrogens with two attached hydrogens (primary N) is 2. The normalized spacial score (nSPS) is 17.9. The van der Waals surface area contributed by atoms with Gasteiger partial charge in [-0.25, -0.2) is 5.43 Å². The second-order valence-electron chi connectivity index (χ2n) is 2.85. The summed E-state index contributed by atoms with van der Waals surface area (Å²) in [6, 6.07) is 0. The molecule has 6 nitrogen and oxygen atoms in total. The van der Waals surface area contributed by atoms with Crippen LogP contribution in [0.25, 0.3) is 0 Å². The van der Waals surface area contributed by atoms with Crippen molar-refractivity contribution in [3.8, 4) is 0 Å². The van der Waals surface area contributed by atoms with Gasteiger partial charge in [0.2, 0.25) is 11.8 Å². The molecule has 1 atom stereocenters. The maximum absolute atomic E-state index is 10.9. The van der Waals surface area contributed by atoms with Gasteiger partial charge in [0.25, 0.3) is 0 Å². The molecule has 2 amide bonds. The van der Waals surface area contributed by atoms with E-state index in [0.29, 0.717) is 18.7 Å². The Balaban J connectivity index is 2.65. The Hall–Kier alpha value is -1.43. The number of nitrogens with zero attached hydrogens (tertiary/aromatic N) is 1. The maximum Gasteiger partial charge on any atom is 0.245 e. The van der Waals surface area contributed by atoms with Gasteiger partial charge < -0.3 is 11.5 Å². The Labute approximate surface area is 75.3 Å². The minimum Gasteiger partial charge on any atom is -0.369 e. The van der Waals surface area contributed by atoms with Gasteiger partial charge in [0.15, 0.2) is 0 Å². The number of carbonyl (C=O) groups excluding carboxylic acids is 2. The number of amides is 2. The number of hydrogen-bond donors (Lipinski definition) is 3. The van der Waals surface area contributed by atoms with Gasteiger partial charge in [-0.05, 0) is 13.0 Å². The average Bonchev–Trinajstić information content (AvgIpc) is 2.46. The number of hydrogen-bond acceptors (Lipinski definition) is 4. The zero-order valence-corrected chi connectivity index (χ0v) is 7.12. The number of primary amides is 1. The van der Waals surface area contributed by atoms with Crippen molar-refractivity contribution < 1.29 is 9.59 Å². The van der Waals surface area contributed by atoms with Crippen molar-refractivity contribution in [3.05, 3.63) is 0 Å². The Morgan fingerprint density at radius 3 is 2.77 bits per heavy atom. The van der Waals surface area contributed by atoms with Crippen LogP contribution in [0, 0.1) is 5.92 Å². The number of carbonyl (C=O) groups is 2. The molecule has 13 heavy (non-hydrogen) atoms. The van der Waals surface area contributed by atoms with Gasteiger partial charge in [-0.2, -0.15) is 5.10 Å². The zero-order valence-electron chi connectivity index (χ0n) is 7.12. The molecular weight excluding hydrogens is 172 g/mol. The fraction of sp³-hybridized carbons (Fsp3) is 0.571. The monoisotopic (exact) mass is 184 g/mol. The molecule has 0 fully saturated rings. The number of hydrazone groups is 1. The zero-order chi connectivity index (χ0) is 9.84. The first kappa shape index (κ1) is 9.66. The third-order valence-corrected chi connectivity index (χ3v) is 1.87. The molecule has 0 aromatic heterocycles. The molecule has 0 radical (unpaired) electrons. The molecule has 1 rings (SSSR count). The van der Waals surface area contributed by atoms with Crippen LogP contribution in [0.2, 0.25) is 0 Å². The van der Waals surface area contributed by atoms with Crippen molar-refractivity contribution >= 4 is 17.5 Å². The Morgan fingerprint density at radius 2 is 2.38 bits per heavy atom. The first-order valence-electron chi connectivity index (χ1n) is 4.00. The summed E-state index contributed by atoms with van der Waals surface area (Å²) in [4.78, 5) is 21.7. The SMILES string of the molecule is NCCC(C(N)=O)C1=NNC(=O)C1. The Morgan fingerprint density at radius 1 is 1.69 bits per heavy atom. The van der Waals surface area contributed by atoms with Crippen molar-refractivity contribution in [1.82, 2.24) is 5.43 Å². The molecule has 0 spiro atoms. The lowest BCUT2D eigenvalue weighted by molar-refractivity contribution is -0.120. The van der Waals surface area contributed by atoms with Crippen LogP contribution in [0.1, 0.15) is 12.8 Å². The van der Waals surface area contributed by atoms with Gasteiger partial charge in [0.1, 0.15) is 0 Å². The van der Waals surface area contributed by atoms with Crippen LogP contribution in [-0.4, -0.2) is 24.1 Å². The van der Waals surface area contributed by atoms with Crippen molar-refractivity contribution in [2.45, 2.75) is 12.8 Å². The van der Waals surface area contributed by atoms with Crippen molar-refractivity contribution in [3.63, 3.8) is 0 Å². The standard InChI is InChI=1S/C7H12N4O2/c8-2-1-4(7(9)13)5-3-6(12)11-10-5/h4H,1-3,8H2,(H2,9,13)(H,11,12). The van der Waals surface area contributed by atoms with E-state index in [4.69, 9.17) is 11.5 Å². The number of rotatable bonds is 4. The van der Waals surface area contributed by atoms with E-state index in [1.54, 1.807) is 0 Å². The summed E-state index contributed by atoms with van der Waals surface area (Å²) in [6.45, 7) is 0.348. The highest BCUT2D eigenvalue weighted by Gasteiger charge is 2.26. The average molecular weight is 184 g/mol. The van der Waals surface area contributed by atoms with Crippen molar-refractivity contribution in [2.24, 2.45) is 22.5 Å². The predicted molar refractivity (Wildman–Crippen MR) is 46.6 cm³/mol. The summed E-state index contributed by atoms with van der Waals surface area (Å²) in [5.74, 6) is -1.21. The highest BCUT2D eigenvalue weighted by atomic mass is 16.2. The van der Waals surface area contributed by atoms with Crippen LogP contribution >= 0.6 is 0 Å². The van der Waals surface area contributed by atoms with E-state index in [1.165, 1.54) is 0 Å². The molecule has 0 saturated heterocycles. The topological polar surface area (TPSA) is 111 Å². The van der Waals surface area contributed by atoms with E-state index in [0.717, 1.165) is 0 Å². The van der Waals surface area contributed by atoms with Crippen LogP contribution in [0.15, 0.2) is 5.10 Å². The summed E-state index contributed by atoms with van der Waals surface area (Å²) in [7, 11) is 0. The summed E-state index contributed by atoms with van der Waals surface area (Å²) in [5.41, 5.74) is 13.2. The molecule has 1 unspecified atom stereocenters. The van der Waals surface area contributed by atoms with Crippen molar-refractivity contribution in [1.29, 1.82) is 0 Å². The molecule has 72 valence electrons. The van der Waals surface area contributed by atoms with E-state index in [9.17, 15) is 9.59 Å². The van der Waals surface area contributed by atoms with Crippen LogP contribution < -0.4 is 16.9 Å². The van der Waals surface area contributed by atoms with E-state index in [1.807, 2.05) is 0 Å². The summed E-state index contributed by atoms with van der Waals surface area (Å²) >= 11 is 0. The molecule has 0 aliphatic carbocycles. The third kappa shape index (κ3) is 2.25. The maximum atomic E-state index is 10.9. The van der Waals surface area contributed by atoms with E-state index < -0.39 is 11.8 Å². The molecule has 1 aliphatic heterocycles. The van der Waals surface area contributed by atoms with Crippen molar-refractivity contribution in [2.75, 3.05) is 6.54 Å². The molecule has 1 heterocycles. The van der Waals surface area contributed by atoms with Gasteiger partial charge in [0, 0.05) is 0 Å². The minimum absolute atomic E-state index is 0.146.